The third kappa shape index (κ3) is 2.48. The number of nitrogens with one attached hydrogen (secondary N) is 1. The summed E-state index contributed by atoms with van der Waals surface area (Å²) >= 11 is 0. The smallest absolute Gasteiger partial charge is 0.129 e. The molecule has 1 aliphatic carbocycles. The SMILES string of the molecule is Cc1nccc(N[C@H]2CCOC3(CCCC3)C2)n1. The first kappa shape index (κ1) is 11.9. The molecule has 4 heteroatoms. The van der Waals surface area contributed by atoms with E-state index in [4.69, 9.17) is 4.74 Å². The van der Waals surface area contributed by atoms with Crippen LogP contribution < -0.4 is 5.32 Å². The van der Waals surface area contributed by atoms with Gasteiger partial charge in [-0.1, -0.05) is 12.8 Å². The first-order chi connectivity index (χ1) is 8.76. The Hall–Kier alpha value is -1.16. The lowest BCUT2D eigenvalue weighted by Gasteiger charge is -2.38. The number of hydrogen-bond donors (Lipinski definition) is 1. The van der Waals surface area contributed by atoms with Gasteiger partial charge in [-0.15, -0.1) is 0 Å². The van der Waals surface area contributed by atoms with E-state index in [0.717, 1.165) is 31.1 Å². The van der Waals surface area contributed by atoms with E-state index in [1.807, 2.05) is 19.2 Å². The van der Waals surface area contributed by atoms with Crippen molar-refractivity contribution in [2.24, 2.45) is 0 Å². The van der Waals surface area contributed by atoms with Crippen LogP contribution in [0.15, 0.2) is 12.3 Å². The highest BCUT2D eigenvalue weighted by Crippen LogP contribution is 2.40. The zero-order chi connectivity index (χ0) is 12.4. The van der Waals surface area contributed by atoms with Crippen molar-refractivity contribution in [1.29, 1.82) is 0 Å². The monoisotopic (exact) mass is 247 g/mol. The van der Waals surface area contributed by atoms with Gasteiger partial charge in [-0.25, -0.2) is 9.97 Å². The molecule has 1 aliphatic heterocycles. The Morgan fingerprint density at radius 3 is 3.00 bits per heavy atom. The first-order valence-corrected chi connectivity index (χ1v) is 6.96. The summed E-state index contributed by atoms with van der Waals surface area (Å²) in [6.07, 6.45) is 9.11. The van der Waals surface area contributed by atoms with Crippen molar-refractivity contribution < 1.29 is 4.74 Å². The van der Waals surface area contributed by atoms with Gasteiger partial charge in [0.25, 0.3) is 0 Å². The summed E-state index contributed by atoms with van der Waals surface area (Å²) in [5.74, 6) is 1.77. The Balaban J connectivity index is 1.66. The van der Waals surface area contributed by atoms with E-state index >= 15 is 0 Å². The van der Waals surface area contributed by atoms with Gasteiger partial charge in [0.1, 0.15) is 11.6 Å². The second-order valence-corrected chi connectivity index (χ2v) is 5.56. The van der Waals surface area contributed by atoms with E-state index in [1.54, 1.807) is 0 Å². The van der Waals surface area contributed by atoms with E-state index < -0.39 is 0 Å². The van der Waals surface area contributed by atoms with E-state index in [2.05, 4.69) is 15.3 Å². The number of aromatic nitrogens is 2. The van der Waals surface area contributed by atoms with Crippen LogP contribution >= 0.6 is 0 Å². The molecule has 4 nitrogen and oxygen atoms in total. The molecule has 0 unspecified atom stereocenters. The molecule has 18 heavy (non-hydrogen) atoms. The van der Waals surface area contributed by atoms with Crippen molar-refractivity contribution in [3.63, 3.8) is 0 Å². The number of aryl methyl sites for hydroxylation is 1. The van der Waals surface area contributed by atoms with E-state index in [0.29, 0.717) is 6.04 Å². The van der Waals surface area contributed by atoms with E-state index in [1.165, 1.54) is 25.7 Å². The highest BCUT2D eigenvalue weighted by atomic mass is 16.5. The summed E-state index contributed by atoms with van der Waals surface area (Å²) in [7, 11) is 0. The molecule has 1 atom stereocenters. The largest absolute Gasteiger partial charge is 0.375 e. The molecule has 2 fully saturated rings. The molecule has 0 bridgehead atoms. The lowest BCUT2D eigenvalue weighted by Crippen LogP contribution is -2.42. The fourth-order valence-electron chi connectivity index (χ4n) is 3.26. The molecule has 1 N–H and O–H groups in total. The number of hydrogen-bond acceptors (Lipinski definition) is 4. The van der Waals surface area contributed by atoms with Gasteiger partial charge in [-0.3, -0.25) is 0 Å². The summed E-state index contributed by atoms with van der Waals surface area (Å²) in [4.78, 5) is 8.55. The van der Waals surface area contributed by atoms with Gasteiger partial charge in [0.15, 0.2) is 0 Å². The number of rotatable bonds is 2. The Labute approximate surface area is 108 Å². The molecule has 2 aliphatic rings. The molecule has 0 aromatic carbocycles. The van der Waals surface area contributed by atoms with Crippen LogP contribution in [0.25, 0.3) is 0 Å². The molecular formula is C14H21N3O. The molecule has 1 aromatic heterocycles. The average Bonchev–Trinajstić information content (AvgIpc) is 2.77. The Morgan fingerprint density at radius 1 is 1.39 bits per heavy atom. The topological polar surface area (TPSA) is 47.0 Å². The molecule has 98 valence electrons. The van der Waals surface area contributed by atoms with E-state index in [-0.39, 0.29) is 5.60 Å². The number of anilines is 1. The minimum atomic E-state index is 0.165. The molecule has 0 radical (unpaired) electrons. The number of nitrogens with zero attached hydrogens (tertiary/aromatic N) is 2. The van der Waals surface area contributed by atoms with Crippen LogP contribution in [-0.4, -0.2) is 28.2 Å². The zero-order valence-electron chi connectivity index (χ0n) is 11.0. The second kappa shape index (κ2) is 4.84. The van der Waals surface area contributed by atoms with Crippen LogP contribution in [0.1, 0.15) is 44.3 Å². The molecule has 1 saturated heterocycles. The van der Waals surface area contributed by atoms with Crippen molar-refractivity contribution in [1.82, 2.24) is 9.97 Å². The van der Waals surface area contributed by atoms with Crippen molar-refractivity contribution in [3.05, 3.63) is 18.1 Å². The van der Waals surface area contributed by atoms with Gasteiger partial charge in [-0.05, 0) is 38.7 Å². The fourth-order valence-corrected chi connectivity index (χ4v) is 3.26. The third-order valence-corrected chi connectivity index (χ3v) is 4.14. The van der Waals surface area contributed by atoms with Gasteiger partial charge >= 0.3 is 0 Å². The fraction of sp³-hybridized carbons (Fsp3) is 0.714. The minimum absolute atomic E-state index is 0.165. The predicted molar refractivity (Wildman–Crippen MR) is 70.6 cm³/mol. The van der Waals surface area contributed by atoms with Crippen LogP contribution in [0.4, 0.5) is 5.82 Å². The summed E-state index contributed by atoms with van der Waals surface area (Å²) in [5, 5.41) is 3.54. The molecule has 3 rings (SSSR count). The maximum absolute atomic E-state index is 6.05. The molecule has 1 aromatic rings. The van der Waals surface area contributed by atoms with Crippen LogP contribution in [0.2, 0.25) is 0 Å². The van der Waals surface area contributed by atoms with Crippen molar-refractivity contribution in [2.45, 2.75) is 57.1 Å². The third-order valence-electron chi connectivity index (χ3n) is 4.14. The second-order valence-electron chi connectivity index (χ2n) is 5.56. The molecule has 0 amide bonds. The highest BCUT2D eigenvalue weighted by molar-refractivity contribution is 5.34. The van der Waals surface area contributed by atoms with Crippen LogP contribution in [0.5, 0.6) is 0 Å². The molecule has 1 spiro atoms. The quantitative estimate of drug-likeness (QED) is 0.873. The van der Waals surface area contributed by atoms with Gasteiger partial charge < -0.3 is 10.1 Å². The van der Waals surface area contributed by atoms with Gasteiger partial charge in [0.2, 0.25) is 0 Å². The molecule has 2 heterocycles. The Morgan fingerprint density at radius 2 is 2.22 bits per heavy atom. The predicted octanol–water partition coefficient (Wildman–Crippen LogP) is 2.69. The lowest BCUT2D eigenvalue weighted by molar-refractivity contribution is -0.0767. The summed E-state index contributed by atoms with van der Waals surface area (Å²) in [6.45, 7) is 2.80. The Bertz CT molecular complexity index is 415. The lowest BCUT2D eigenvalue weighted by atomic mass is 9.89. The normalized spacial score (nSPS) is 26.4. The molecule has 1 saturated carbocycles. The zero-order valence-corrected chi connectivity index (χ0v) is 11.0. The van der Waals surface area contributed by atoms with Crippen molar-refractivity contribution >= 4 is 5.82 Å². The van der Waals surface area contributed by atoms with Crippen molar-refractivity contribution in [2.75, 3.05) is 11.9 Å². The van der Waals surface area contributed by atoms with Crippen LogP contribution in [0.3, 0.4) is 0 Å². The summed E-state index contributed by atoms with van der Waals surface area (Å²) in [6, 6.07) is 2.44. The average molecular weight is 247 g/mol. The van der Waals surface area contributed by atoms with Gasteiger partial charge in [0, 0.05) is 18.8 Å². The Kier molecular flexibility index (Phi) is 3.20. The number of ether oxygens (including phenoxy) is 1. The van der Waals surface area contributed by atoms with Crippen LogP contribution in [0, 0.1) is 6.92 Å². The van der Waals surface area contributed by atoms with Crippen molar-refractivity contribution in [3.8, 4) is 0 Å². The van der Waals surface area contributed by atoms with Gasteiger partial charge in [0.05, 0.1) is 5.60 Å². The minimum Gasteiger partial charge on any atom is -0.375 e. The maximum atomic E-state index is 6.05. The standard InChI is InChI=1S/C14H21N3O/c1-11-15-8-4-13(16-11)17-12-5-9-18-14(10-12)6-2-3-7-14/h4,8,12H,2-3,5-7,9-10H2,1H3,(H,15,16,17)/t12-/m0/s1. The van der Waals surface area contributed by atoms with Crippen LogP contribution in [-0.2, 0) is 4.74 Å². The summed E-state index contributed by atoms with van der Waals surface area (Å²) < 4.78 is 6.05. The van der Waals surface area contributed by atoms with Gasteiger partial charge in [-0.2, -0.15) is 0 Å². The summed E-state index contributed by atoms with van der Waals surface area (Å²) in [5.41, 5.74) is 0.165. The maximum Gasteiger partial charge on any atom is 0.129 e. The highest BCUT2D eigenvalue weighted by Gasteiger charge is 2.39. The first-order valence-electron chi connectivity index (χ1n) is 6.96. The van der Waals surface area contributed by atoms with E-state index in [9.17, 15) is 0 Å². The molecular weight excluding hydrogens is 226 g/mol.